The summed E-state index contributed by atoms with van der Waals surface area (Å²) in [5, 5.41) is 14.7. The second kappa shape index (κ2) is 5.53. The average molecular weight is 275 g/mol. The van der Waals surface area contributed by atoms with Crippen LogP contribution < -0.4 is 11.1 Å². The number of nitrogens with zero attached hydrogens (tertiary/aromatic N) is 1. The van der Waals surface area contributed by atoms with Gasteiger partial charge in [0.2, 0.25) is 5.91 Å². The van der Waals surface area contributed by atoms with Crippen LogP contribution in [0.4, 0.5) is 5.69 Å². The first-order valence-electron chi connectivity index (χ1n) is 6.92. The van der Waals surface area contributed by atoms with Crippen LogP contribution in [0, 0.1) is 5.41 Å². The van der Waals surface area contributed by atoms with E-state index in [-0.39, 0.29) is 11.7 Å². The van der Waals surface area contributed by atoms with Crippen LogP contribution in [-0.4, -0.2) is 17.0 Å². The summed E-state index contributed by atoms with van der Waals surface area (Å²) >= 11 is 0. The highest BCUT2D eigenvalue weighted by atomic mass is 16.4. The van der Waals surface area contributed by atoms with Crippen molar-refractivity contribution in [1.29, 1.82) is 0 Å². The molecule has 1 aliphatic rings. The Morgan fingerprint density at radius 3 is 2.80 bits per heavy atom. The Morgan fingerprint density at radius 2 is 2.15 bits per heavy atom. The van der Waals surface area contributed by atoms with Crippen molar-refractivity contribution < 1.29 is 10.0 Å². The Kier molecular flexibility index (Phi) is 3.97. The predicted molar refractivity (Wildman–Crippen MR) is 78.9 cm³/mol. The van der Waals surface area contributed by atoms with E-state index in [2.05, 4.69) is 16.5 Å². The summed E-state index contributed by atoms with van der Waals surface area (Å²) in [4.78, 5) is 12.4. The van der Waals surface area contributed by atoms with Crippen molar-refractivity contribution in [2.45, 2.75) is 39.5 Å². The lowest BCUT2D eigenvalue weighted by Gasteiger charge is -2.25. The van der Waals surface area contributed by atoms with E-state index in [0.717, 1.165) is 18.5 Å². The quantitative estimate of drug-likeness (QED) is 0.341. The lowest BCUT2D eigenvalue weighted by Crippen LogP contribution is -2.44. The molecule has 1 atom stereocenters. The first-order valence-corrected chi connectivity index (χ1v) is 6.92. The van der Waals surface area contributed by atoms with E-state index in [0.29, 0.717) is 6.42 Å². The van der Waals surface area contributed by atoms with Gasteiger partial charge in [-0.3, -0.25) is 4.79 Å². The number of nitrogens with one attached hydrogen (secondary N) is 1. The number of amides is 1. The number of benzene rings is 1. The van der Waals surface area contributed by atoms with Crippen molar-refractivity contribution in [3.05, 3.63) is 29.3 Å². The van der Waals surface area contributed by atoms with Gasteiger partial charge in [-0.1, -0.05) is 18.1 Å². The van der Waals surface area contributed by atoms with Gasteiger partial charge in [0, 0.05) is 5.69 Å². The number of hydrogen-bond acceptors (Lipinski definition) is 3. The van der Waals surface area contributed by atoms with Crippen molar-refractivity contribution in [3.8, 4) is 0 Å². The number of hydrogen-bond donors (Lipinski definition) is 3. The highest BCUT2D eigenvalue weighted by Crippen LogP contribution is 2.27. The van der Waals surface area contributed by atoms with E-state index in [1.807, 2.05) is 19.1 Å². The number of fused-ring (bicyclic) bond motifs is 1. The molecule has 0 bridgehead atoms. The zero-order valence-electron chi connectivity index (χ0n) is 11.9. The molecule has 0 saturated carbocycles. The van der Waals surface area contributed by atoms with Gasteiger partial charge in [0.1, 0.15) is 5.41 Å². The number of amidine groups is 1. The van der Waals surface area contributed by atoms with Crippen LogP contribution in [0.2, 0.25) is 0 Å². The third kappa shape index (κ3) is 2.48. The standard InChI is InChI=1S/C15H21N3O2/c1-3-15(2,13(16)18-20)14(19)17-12-8-7-10-5-4-6-11(10)9-12/h7-9,20H,3-6H2,1-2H3,(H2,16,18)(H,17,19). The summed E-state index contributed by atoms with van der Waals surface area (Å²) in [6, 6.07) is 5.98. The molecule has 0 aromatic heterocycles. The molecule has 1 aliphatic carbocycles. The Morgan fingerprint density at radius 1 is 1.45 bits per heavy atom. The van der Waals surface area contributed by atoms with Crippen LogP contribution in [-0.2, 0) is 17.6 Å². The van der Waals surface area contributed by atoms with Crippen LogP contribution in [0.1, 0.15) is 37.8 Å². The van der Waals surface area contributed by atoms with Gasteiger partial charge in [-0.05, 0) is 55.9 Å². The molecule has 4 N–H and O–H groups in total. The van der Waals surface area contributed by atoms with E-state index in [9.17, 15) is 4.79 Å². The Labute approximate surface area is 118 Å². The zero-order chi connectivity index (χ0) is 14.8. The number of aryl methyl sites for hydroxylation is 2. The van der Waals surface area contributed by atoms with E-state index < -0.39 is 5.41 Å². The van der Waals surface area contributed by atoms with Gasteiger partial charge < -0.3 is 16.3 Å². The van der Waals surface area contributed by atoms with Crippen molar-refractivity contribution >= 4 is 17.4 Å². The SMILES string of the molecule is CCC(C)(C(=O)Nc1ccc2c(c1)CCC2)/C(N)=N/O. The second-order valence-electron chi connectivity index (χ2n) is 5.46. The fourth-order valence-electron chi connectivity index (χ4n) is 2.49. The summed E-state index contributed by atoms with van der Waals surface area (Å²) in [6.07, 6.45) is 3.80. The summed E-state index contributed by atoms with van der Waals surface area (Å²) in [5.41, 5.74) is 8.06. The van der Waals surface area contributed by atoms with Gasteiger partial charge in [-0.25, -0.2) is 0 Å². The van der Waals surface area contributed by atoms with Gasteiger partial charge in [0.05, 0.1) is 0 Å². The normalized spacial score (nSPS) is 17.4. The van der Waals surface area contributed by atoms with Gasteiger partial charge in [-0.15, -0.1) is 0 Å². The summed E-state index contributed by atoms with van der Waals surface area (Å²) in [6.45, 7) is 3.51. The monoisotopic (exact) mass is 275 g/mol. The second-order valence-corrected chi connectivity index (χ2v) is 5.46. The minimum atomic E-state index is -1.01. The number of rotatable bonds is 4. The molecule has 5 heteroatoms. The average Bonchev–Trinajstić information content (AvgIpc) is 2.92. The molecule has 1 aromatic carbocycles. The van der Waals surface area contributed by atoms with Gasteiger partial charge in [0.15, 0.2) is 5.84 Å². The molecule has 2 rings (SSSR count). The molecule has 0 radical (unpaired) electrons. The van der Waals surface area contributed by atoms with Crippen molar-refractivity contribution in [2.24, 2.45) is 16.3 Å². The van der Waals surface area contributed by atoms with E-state index in [1.54, 1.807) is 6.92 Å². The Bertz CT molecular complexity index is 554. The largest absolute Gasteiger partial charge is 0.409 e. The zero-order valence-corrected chi connectivity index (χ0v) is 11.9. The molecule has 1 unspecified atom stereocenters. The molecule has 1 amide bonds. The number of oxime groups is 1. The number of carbonyl (C=O) groups is 1. The molecule has 0 heterocycles. The highest BCUT2D eigenvalue weighted by Gasteiger charge is 2.36. The van der Waals surface area contributed by atoms with Crippen LogP contribution in [0.3, 0.4) is 0 Å². The third-order valence-corrected chi connectivity index (χ3v) is 4.24. The van der Waals surface area contributed by atoms with Crippen LogP contribution >= 0.6 is 0 Å². The fourth-order valence-corrected chi connectivity index (χ4v) is 2.49. The van der Waals surface area contributed by atoms with Gasteiger partial charge in [-0.2, -0.15) is 0 Å². The summed E-state index contributed by atoms with van der Waals surface area (Å²) in [5.74, 6) is -0.327. The Balaban J connectivity index is 2.19. The molecule has 0 saturated heterocycles. The molecule has 108 valence electrons. The molecular formula is C15H21N3O2. The van der Waals surface area contributed by atoms with Crippen LogP contribution in [0.15, 0.2) is 23.4 Å². The molecular weight excluding hydrogens is 254 g/mol. The van der Waals surface area contributed by atoms with Gasteiger partial charge in [0.25, 0.3) is 0 Å². The molecule has 1 aromatic rings. The van der Waals surface area contributed by atoms with Crippen LogP contribution in [0.5, 0.6) is 0 Å². The van der Waals surface area contributed by atoms with Crippen molar-refractivity contribution in [1.82, 2.24) is 0 Å². The number of nitrogens with two attached hydrogens (primary N) is 1. The Hall–Kier alpha value is -2.04. The molecule has 0 fully saturated rings. The third-order valence-electron chi connectivity index (χ3n) is 4.24. The predicted octanol–water partition coefficient (Wildman–Crippen LogP) is 2.28. The first kappa shape index (κ1) is 14.4. The van der Waals surface area contributed by atoms with E-state index in [4.69, 9.17) is 10.9 Å². The highest BCUT2D eigenvalue weighted by molar-refractivity contribution is 6.11. The maximum atomic E-state index is 12.4. The number of carbonyl (C=O) groups excluding carboxylic acids is 1. The summed E-state index contributed by atoms with van der Waals surface area (Å²) < 4.78 is 0. The lowest BCUT2D eigenvalue weighted by molar-refractivity contribution is -0.121. The minimum absolute atomic E-state index is 0.0707. The molecule has 0 aliphatic heterocycles. The molecule has 20 heavy (non-hydrogen) atoms. The first-order chi connectivity index (χ1) is 9.51. The smallest absolute Gasteiger partial charge is 0.238 e. The number of anilines is 1. The maximum Gasteiger partial charge on any atom is 0.238 e. The van der Waals surface area contributed by atoms with Crippen molar-refractivity contribution in [3.63, 3.8) is 0 Å². The minimum Gasteiger partial charge on any atom is -0.409 e. The van der Waals surface area contributed by atoms with E-state index in [1.165, 1.54) is 17.5 Å². The summed E-state index contributed by atoms with van der Waals surface area (Å²) in [7, 11) is 0. The lowest BCUT2D eigenvalue weighted by atomic mass is 9.85. The maximum absolute atomic E-state index is 12.4. The van der Waals surface area contributed by atoms with Crippen LogP contribution in [0.25, 0.3) is 0 Å². The van der Waals surface area contributed by atoms with Crippen molar-refractivity contribution in [2.75, 3.05) is 5.32 Å². The molecule has 0 spiro atoms. The fraction of sp³-hybridized carbons (Fsp3) is 0.467. The topological polar surface area (TPSA) is 87.7 Å². The van der Waals surface area contributed by atoms with Gasteiger partial charge >= 0.3 is 0 Å². The molecule has 5 nitrogen and oxygen atoms in total. The van der Waals surface area contributed by atoms with E-state index >= 15 is 0 Å².